The van der Waals surface area contributed by atoms with Crippen LogP contribution in [0.2, 0.25) is 0 Å². The largest absolute Gasteiger partial charge is 0.294 e. The van der Waals surface area contributed by atoms with Crippen molar-refractivity contribution in [3.63, 3.8) is 0 Å². The van der Waals surface area contributed by atoms with Gasteiger partial charge in [0.15, 0.2) is 11.6 Å². The first kappa shape index (κ1) is 14.2. The molecule has 1 aromatic carbocycles. The molecule has 0 bridgehead atoms. The number of hydrogen-bond acceptors (Lipinski definition) is 2. The lowest BCUT2D eigenvalue weighted by atomic mass is 10.1. The van der Waals surface area contributed by atoms with Crippen molar-refractivity contribution in [1.82, 2.24) is 0 Å². The van der Waals surface area contributed by atoms with Crippen LogP contribution in [0.3, 0.4) is 0 Å². The van der Waals surface area contributed by atoms with Crippen molar-refractivity contribution in [2.24, 2.45) is 0 Å². The molecule has 0 aliphatic rings. The second-order valence-electron chi connectivity index (χ2n) is 3.31. The first-order valence-corrected chi connectivity index (χ1v) is 5.89. The standard InChI is InChI=1S/C12H9Cl3O2/c13-12(14,15)11(17)8-10(16)7-6-9-4-2-1-3-5-9/h1-7H,8H2/b7-6+. The van der Waals surface area contributed by atoms with Gasteiger partial charge in [0, 0.05) is 0 Å². The van der Waals surface area contributed by atoms with Crippen molar-refractivity contribution in [2.75, 3.05) is 0 Å². The molecule has 0 fully saturated rings. The zero-order valence-electron chi connectivity index (χ0n) is 8.70. The normalized spacial score (nSPS) is 11.7. The van der Waals surface area contributed by atoms with E-state index in [0.717, 1.165) is 5.56 Å². The Balaban J connectivity index is 2.57. The van der Waals surface area contributed by atoms with E-state index in [4.69, 9.17) is 34.8 Å². The number of halogens is 3. The van der Waals surface area contributed by atoms with Gasteiger partial charge in [-0.2, -0.15) is 0 Å². The first-order chi connectivity index (χ1) is 7.89. The number of carbonyl (C=O) groups excluding carboxylic acids is 2. The molecule has 0 heterocycles. The molecule has 1 rings (SSSR count). The number of allylic oxidation sites excluding steroid dienone is 1. The summed E-state index contributed by atoms with van der Waals surface area (Å²) in [7, 11) is 0. The summed E-state index contributed by atoms with van der Waals surface area (Å²) < 4.78 is -2.03. The maximum atomic E-state index is 11.4. The van der Waals surface area contributed by atoms with Crippen LogP contribution >= 0.6 is 34.8 Å². The Kier molecular flexibility index (Phi) is 5.19. The van der Waals surface area contributed by atoms with E-state index in [9.17, 15) is 9.59 Å². The Morgan fingerprint density at radius 2 is 1.71 bits per heavy atom. The van der Waals surface area contributed by atoms with Gasteiger partial charge in [-0.15, -0.1) is 0 Å². The fourth-order valence-corrected chi connectivity index (χ4v) is 1.27. The zero-order chi connectivity index (χ0) is 12.9. The van der Waals surface area contributed by atoms with Crippen LogP contribution < -0.4 is 0 Å². The van der Waals surface area contributed by atoms with Crippen molar-refractivity contribution < 1.29 is 9.59 Å². The van der Waals surface area contributed by atoms with Crippen molar-refractivity contribution in [3.8, 4) is 0 Å². The van der Waals surface area contributed by atoms with Gasteiger partial charge >= 0.3 is 0 Å². The number of hydrogen-bond donors (Lipinski definition) is 0. The van der Waals surface area contributed by atoms with E-state index < -0.39 is 21.8 Å². The highest BCUT2D eigenvalue weighted by molar-refractivity contribution is 6.76. The minimum Gasteiger partial charge on any atom is -0.294 e. The van der Waals surface area contributed by atoms with Crippen LogP contribution in [0.25, 0.3) is 6.08 Å². The highest BCUT2D eigenvalue weighted by atomic mass is 35.6. The summed E-state index contributed by atoms with van der Waals surface area (Å²) in [6.07, 6.45) is 2.48. The van der Waals surface area contributed by atoms with Gasteiger partial charge in [-0.1, -0.05) is 71.2 Å². The third-order valence-corrected chi connectivity index (χ3v) is 2.54. The molecule has 0 radical (unpaired) electrons. The number of benzene rings is 1. The van der Waals surface area contributed by atoms with Crippen LogP contribution in [0.4, 0.5) is 0 Å². The quantitative estimate of drug-likeness (QED) is 0.482. The molecule has 0 spiro atoms. The Morgan fingerprint density at radius 1 is 1.12 bits per heavy atom. The van der Waals surface area contributed by atoms with Crippen LogP contribution in [0.1, 0.15) is 12.0 Å². The number of rotatable bonds is 4. The van der Waals surface area contributed by atoms with Gasteiger partial charge in [0.2, 0.25) is 3.79 Å². The Labute approximate surface area is 114 Å². The Bertz CT molecular complexity index is 433. The van der Waals surface area contributed by atoms with Crippen molar-refractivity contribution in [1.29, 1.82) is 0 Å². The second-order valence-corrected chi connectivity index (χ2v) is 5.59. The number of carbonyl (C=O) groups is 2. The highest BCUT2D eigenvalue weighted by Gasteiger charge is 2.31. The molecule has 0 aliphatic carbocycles. The summed E-state index contributed by atoms with van der Waals surface area (Å²) in [5, 5.41) is 0. The number of ketones is 2. The SMILES string of the molecule is O=C(/C=C/c1ccccc1)CC(=O)C(Cl)(Cl)Cl. The lowest BCUT2D eigenvalue weighted by molar-refractivity contribution is -0.124. The van der Waals surface area contributed by atoms with Crippen LogP contribution in [0.5, 0.6) is 0 Å². The fourth-order valence-electron chi connectivity index (χ4n) is 1.07. The summed E-state index contributed by atoms with van der Waals surface area (Å²) in [4.78, 5) is 22.6. The van der Waals surface area contributed by atoms with Gasteiger partial charge < -0.3 is 0 Å². The van der Waals surface area contributed by atoms with Gasteiger partial charge in [-0.05, 0) is 11.6 Å². The molecule has 90 valence electrons. The van der Waals surface area contributed by atoms with E-state index in [1.165, 1.54) is 6.08 Å². The predicted octanol–water partition coefficient (Wildman–Crippen LogP) is 3.60. The van der Waals surface area contributed by atoms with E-state index in [1.54, 1.807) is 6.08 Å². The minimum atomic E-state index is -2.03. The summed E-state index contributed by atoms with van der Waals surface area (Å²) in [5.74, 6) is -1.13. The average Bonchev–Trinajstić information content (AvgIpc) is 2.26. The van der Waals surface area contributed by atoms with E-state index in [2.05, 4.69) is 0 Å². The van der Waals surface area contributed by atoms with Gasteiger partial charge in [-0.25, -0.2) is 0 Å². The van der Waals surface area contributed by atoms with Crippen LogP contribution in [0.15, 0.2) is 36.4 Å². The molecule has 0 N–H and O–H groups in total. The van der Waals surface area contributed by atoms with Gasteiger partial charge in [-0.3, -0.25) is 9.59 Å². The minimum absolute atomic E-state index is 0.398. The van der Waals surface area contributed by atoms with E-state index >= 15 is 0 Å². The first-order valence-electron chi connectivity index (χ1n) is 4.75. The van der Waals surface area contributed by atoms with Crippen molar-refractivity contribution >= 4 is 52.4 Å². The molecule has 0 saturated heterocycles. The molecule has 0 aromatic heterocycles. The van der Waals surface area contributed by atoms with Crippen molar-refractivity contribution in [2.45, 2.75) is 10.2 Å². The molecule has 0 saturated carbocycles. The van der Waals surface area contributed by atoms with E-state index in [0.29, 0.717) is 0 Å². The van der Waals surface area contributed by atoms with Gasteiger partial charge in [0.1, 0.15) is 0 Å². The summed E-state index contributed by atoms with van der Waals surface area (Å²) in [6, 6.07) is 9.22. The summed E-state index contributed by atoms with van der Waals surface area (Å²) in [6.45, 7) is 0. The van der Waals surface area contributed by atoms with Crippen LogP contribution in [-0.2, 0) is 9.59 Å². The number of alkyl halides is 3. The van der Waals surface area contributed by atoms with Gasteiger partial charge in [0.25, 0.3) is 0 Å². The molecule has 1 aromatic rings. The molecular weight excluding hydrogens is 282 g/mol. The fraction of sp³-hybridized carbons (Fsp3) is 0.167. The molecule has 0 amide bonds. The molecular formula is C12H9Cl3O2. The molecule has 17 heavy (non-hydrogen) atoms. The number of Topliss-reactive ketones (excluding diaryl/α,β-unsaturated/α-hetero) is 1. The van der Waals surface area contributed by atoms with Gasteiger partial charge in [0.05, 0.1) is 6.42 Å². The maximum absolute atomic E-state index is 11.4. The molecule has 5 heteroatoms. The lowest BCUT2D eigenvalue weighted by Gasteiger charge is -2.06. The van der Waals surface area contributed by atoms with Crippen molar-refractivity contribution in [3.05, 3.63) is 42.0 Å². The average molecular weight is 292 g/mol. The summed E-state index contributed by atoms with van der Waals surface area (Å²) >= 11 is 16.0. The zero-order valence-corrected chi connectivity index (χ0v) is 11.0. The maximum Gasteiger partial charge on any atom is 0.249 e. The molecule has 0 atom stereocenters. The monoisotopic (exact) mass is 290 g/mol. The third kappa shape index (κ3) is 5.35. The molecule has 2 nitrogen and oxygen atoms in total. The topological polar surface area (TPSA) is 34.1 Å². The molecule has 0 aliphatic heterocycles. The lowest BCUT2D eigenvalue weighted by Crippen LogP contribution is -2.21. The smallest absolute Gasteiger partial charge is 0.249 e. The van der Waals surface area contributed by atoms with E-state index in [-0.39, 0.29) is 0 Å². The molecule has 0 unspecified atom stereocenters. The predicted molar refractivity (Wildman–Crippen MR) is 70.4 cm³/mol. The third-order valence-electron chi connectivity index (χ3n) is 1.91. The van der Waals surface area contributed by atoms with E-state index in [1.807, 2.05) is 30.3 Å². The Morgan fingerprint density at radius 3 is 2.24 bits per heavy atom. The van der Waals surface area contributed by atoms with Crippen LogP contribution in [0, 0.1) is 0 Å². The van der Waals surface area contributed by atoms with Crippen LogP contribution in [-0.4, -0.2) is 15.4 Å². The Hall–Kier alpha value is -0.830. The highest BCUT2D eigenvalue weighted by Crippen LogP contribution is 2.28. The second kappa shape index (κ2) is 6.20. The summed E-state index contributed by atoms with van der Waals surface area (Å²) in [5.41, 5.74) is 0.863.